The molecule has 3 heteroatoms. The molecule has 1 aromatic carbocycles. The number of rotatable bonds is 2. The molecular weight excluding hydrogens is 194 g/mol. The van der Waals surface area contributed by atoms with Gasteiger partial charge in [-0.3, -0.25) is 0 Å². The monoisotopic (exact) mass is 205 g/mol. The van der Waals surface area contributed by atoms with Gasteiger partial charge in [0.15, 0.2) is 0 Å². The third kappa shape index (κ3) is 2.12. The molecule has 14 heavy (non-hydrogen) atoms. The molecule has 0 aliphatic rings. The molecule has 0 spiro atoms. The van der Waals surface area contributed by atoms with Crippen molar-refractivity contribution in [2.45, 2.75) is 13.8 Å². The van der Waals surface area contributed by atoms with Crippen LogP contribution in [0.25, 0.3) is 0 Å². The summed E-state index contributed by atoms with van der Waals surface area (Å²) in [5, 5.41) is 2.68. The second-order valence-electron chi connectivity index (χ2n) is 3.17. The van der Waals surface area contributed by atoms with Crippen molar-refractivity contribution in [3.63, 3.8) is 0 Å². The number of nitrogens with zero attached hydrogens (tertiary/aromatic N) is 1. The minimum atomic E-state index is 0.700. The minimum Gasteiger partial charge on any atom is -0.431 e. The zero-order valence-electron chi connectivity index (χ0n) is 8.15. The number of thiazole rings is 1. The van der Waals surface area contributed by atoms with Crippen LogP contribution < -0.4 is 4.74 Å². The van der Waals surface area contributed by atoms with Crippen molar-refractivity contribution in [2.24, 2.45) is 0 Å². The van der Waals surface area contributed by atoms with E-state index in [0.29, 0.717) is 5.19 Å². The Morgan fingerprint density at radius 2 is 1.86 bits per heavy atom. The molecule has 0 radical (unpaired) electrons. The first-order chi connectivity index (χ1) is 6.74. The van der Waals surface area contributed by atoms with E-state index in [2.05, 4.69) is 11.9 Å². The van der Waals surface area contributed by atoms with Crippen LogP contribution in [0.15, 0.2) is 29.6 Å². The third-order valence-electron chi connectivity index (χ3n) is 1.82. The molecule has 2 aromatic rings. The number of hydrogen-bond acceptors (Lipinski definition) is 3. The van der Waals surface area contributed by atoms with Crippen LogP contribution >= 0.6 is 11.3 Å². The van der Waals surface area contributed by atoms with Crippen LogP contribution in [0.5, 0.6) is 10.9 Å². The van der Waals surface area contributed by atoms with Crippen LogP contribution in [-0.2, 0) is 0 Å². The average molecular weight is 205 g/mol. The van der Waals surface area contributed by atoms with Gasteiger partial charge in [0, 0.05) is 5.38 Å². The molecule has 0 aliphatic carbocycles. The number of benzene rings is 1. The summed E-state index contributed by atoms with van der Waals surface area (Å²) in [6.45, 7) is 4.01. The predicted octanol–water partition coefficient (Wildman–Crippen LogP) is 3.55. The van der Waals surface area contributed by atoms with Gasteiger partial charge in [-0.05, 0) is 26.0 Å². The van der Waals surface area contributed by atoms with Gasteiger partial charge in [0.25, 0.3) is 5.19 Å². The Kier molecular flexibility index (Phi) is 2.50. The Bertz CT molecular complexity index is 419. The number of aromatic nitrogens is 1. The second-order valence-corrected chi connectivity index (χ2v) is 3.99. The lowest BCUT2D eigenvalue weighted by molar-refractivity contribution is 0.478. The molecule has 2 nitrogen and oxygen atoms in total. The summed E-state index contributed by atoms with van der Waals surface area (Å²) in [5.41, 5.74) is 2.23. The highest BCUT2D eigenvalue weighted by atomic mass is 32.1. The fraction of sp³-hybridized carbons (Fsp3) is 0.182. The van der Waals surface area contributed by atoms with E-state index in [4.69, 9.17) is 4.74 Å². The van der Waals surface area contributed by atoms with Crippen LogP contribution in [0.1, 0.15) is 11.3 Å². The number of aryl methyl sites for hydroxylation is 2. The molecule has 1 aromatic heterocycles. The normalized spacial score (nSPS) is 10.1. The maximum Gasteiger partial charge on any atom is 0.278 e. The van der Waals surface area contributed by atoms with Crippen molar-refractivity contribution in [1.82, 2.24) is 4.98 Å². The van der Waals surface area contributed by atoms with E-state index in [0.717, 1.165) is 11.4 Å². The number of ether oxygens (including phenoxy) is 1. The zero-order valence-corrected chi connectivity index (χ0v) is 8.97. The zero-order chi connectivity index (χ0) is 9.97. The predicted molar refractivity (Wildman–Crippen MR) is 58.1 cm³/mol. The molecule has 0 saturated heterocycles. The molecule has 0 saturated carbocycles. The fourth-order valence-electron chi connectivity index (χ4n) is 1.09. The van der Waals surface area contributed by atoms with Crippen molar-refractivity contribution < 1.29 is 4.74 Å². The first kappa shape index (κ1) is 9.21. The fourth-order valence-corrected chi connectivity index (χ4v) is 1.75. The molecular formula is C11H11NOS. The first-order valence-electron chi connectivity index (χ1n) is 4.41. The quantitative estimate of drug-likeness (QED) is 0.748. The SMILES string of the molecule is Cc1ccc(Oc2nc(C)cs2)cc1. The topological polar surface area (TPSA) is 22.1 Å². The third-order valence-corrected chi connectivity index (χ3v) is 2.66. The molecule has 0 unspecified atom stereocenters. The maximum atomic E-state index is 5.56. The molecule has 0 atom stereocenters. The van der Waals surface area contributed by atoms with Gasteiger partial charge in [0.1, 0.15) is 5.75 Å². The summed E-state index contributed by atoms with van der Waals surface area (Å²) in [6.07, 6.45) is 0. The summed E-state index contributed by atoms with van der Waals surface area (Å²) in [7, 11) is 0. The van der Waals surface area contributed by atoms with Crippen LogP contribution in [0.2, 0.25) is 0 Å². The molecule has 0 aliphatic heterocycles. The largest absolute Gasteiger partial charge is 0.431 e. The van der Waals surface area contributed by atoms with Crippen molar-refractivity contribution in [2.75, 3.05) is 0 Å². The van der Waals surface area contributed by atoms with Crippen LogP contribution in [0.3, 0.4) is 0 Å². The van der Waals surface area contributed by atoms with Crippen molar-refractivity contribution in [3.8, 4) is 10.9 Å². The highest BCUT2D eigenvalue weighted by Crippen LogP contribution is 2.24. The minimum absolute atomic E-state index is 0.700. The Morgan fingerprint density at radius 1 is 1.14 bits per heavy atom. The van der Waals surface area contributed by atoms with Gasteiger partial charge < -0.3 is 4.74 Å². The standard InChI is InChI=1S/C11H11NOS/c1-8-3-5-10(6-4-8)13-11-12-9(2)7-14-11/h3-7H,1-2H3. The lowest BCUT2D eigenvalue weighted by Gasteiger charge is -2.00. The van der Waals surface area contributed by atoms with Crippen LogP contribution in [0, 0.1) is 13.8 Å². The van der Waals surface area contributed by atoms with Gasteiger partial charge in [-0.15, -0.1) is 0 Å². The molecule has 72 valence electrons. The van der Waals surface area contributed by atoms with Gasteiger partial charge in [-0.1, -0.05) is 29.0 Å². The van der Waals surface area contributed by atoms with E-state index >= 15 is 0 Å². The van der Waals surface area contributed by atoms with E-state index in [1.54, 1.807) is 0 Å². The summed E-state index contributed by atoms with van der Waals surface area (Å²) >= 11 is 1.52. The van der Waals surface area contributed by atoms with E-state index in [9.17, 15) is 0 Å². The highest BCUT2D eigenvalue weighted by Gasteiger charge is 2.00. The Morgan fingerprint density at radius 3 is 2.43 bits per heavy atom. The van der Waals surface area contributed by atoms with E-state index < -0.39 is 0 Å². The second kappa shape index (κ2) is 3.80. The molecule has 2 rings (SSSR count). The average Bonchev–Trinajstić information content (AvgIpc) is 2.56. The van der Waals surface area contributed by atoms with Crippen molar-refractivity contribution in [1.29, 1.82) is 0 Å². The van der Waals surface area contributed by atoms with E-state index in [1.807, 2.05) is 36.6 Å². The smallest absolute Gasteiger partial charge is 0.278 e. The van der Waals surface area contributed by atoms with Crippen LogP contribution in [-0.4, -0.2) is 4.98 Å². The lowest BCUT2D eigenvalue weighted by Crippen LogP contribution is -1.83. The number of hydrogen-bond donors (Lipinski definition) is 0. The van der Waals surface area contributed by atoms with Gasteiger partial charge in [0.05, 0.1) is 5.69 Å². The molecule has 0 bridgehead atoms. The van der Waals surface area contributed by atoms with E-state index in [-0.39, 0.29) is 0 Å². The summed E-state index contributed by atoms with van der Waals surface area (Å²) in [5.74, 6) is 0.838. The highest BCUT2D eigenvalue weighted by molar-refractivity contribution is 7.11. The Balaban J connectivity index is 2.15. The molecule has 0 N–H and O–H groups in total. The van der Waals surface area contributed by atoms with Crippen molar-refractivity contribution in [3.05, 3.63) is 40.9 Å². The summed E-state index contributed by atoms with van der Waals surface area (Å²) in [6, 6.07) is 7.95. The van der Waals surface area contributed by atoms with Gasteiger partial charge in [0.2, 0.25) is 0 Å². The van der Waals surface area contributed by atoms with Gasteiger partial charge >= 0.3 is 0 Å². The molecule has 0 amide bonds. The molecule has 0 fully saturated rings. The van der Waals surface area contributed by atoms with E-state index in [1.165, 1.54) is 16.9 Å². The lowest BCUT2D eigenvalue weighted by atomic mass is 10.2. The Labute approximate surface area is 87.2 Å². The Hall–Kier alpha value is -1.35. The summed E-state index contributed by atoms with van der Waals surface area (Å²) < 4.78 is 5.56. The molecule has 1 heterocycles. The summed E-state index contributed by atoms with van der Waals surface area (Å²) in [4.78, 5) is 4.22. The van der Waals surface area contributed by atoms with Gasteiger partial charge in [-0.25, -0.2) is 4.98 Å². The van der Waals surface area contributed by atoms with Gasteiger partial charge in [-0.2, -0.15) is 0 Å². The first-order valence-corrected chi connectivity index (χ1v) is 5.28. The van der Waals surface area contributed by atoms with Crippen LogP contribution in [0.4, 0.5) is 0 Å². The maximum absolute atomic E-state index is 5.56. The van der Waals surface area contributed by atoms with Crippen molar-refractivity contribution >= 4 is 11.3 Å².